The number of nitrogens with zero attached hydrogens (tertiary/aromatic N) is 3. The van der Waals surface area contributed by atoms with E-state index in [1.807, 2.05) is 0 Å². The summed E-state index contributed by atoms with van der Waals surface area (Å²) >= 11 is 0. The standard InChI is InChI=1S/C10H16N4O2/c1-14-6-8(12-13-14)10(9(15)16)4-2-7(11)3-5-10/h6-7H,2-5,11H2,1H3,(H,15,16). The summed E-state index contributed by atoms with van der Waals surface area (Å²) in [6, 6.07) is 0.115. The topological polar surface area (TPSA) is 94.0 Å². The number of nitrogens with two attached hydrogens (primary N) is 1. The normalized spacial score (nSPS) is 30.2. The summed E-state index contributed by atoms with van der Waals surface area (Å²) in [6.07, 6.45) is 4.22. The molecule has 1 fully saturated rings. The number of aromatic nitrogens is 3. The molecule has 1 aromatic rings. The Labute approximate surface area is 93.4 Å². The van der Waals surface area contributed by atoms with Crippen molar-refractivity contribution in [1.82, 2.24) is 15.0 Å². The smallest absolute Gasteiger partial charge is 0.315 e. The molecular formula is C10H16N4O2. The molecule has 1 heterocycles. The molecule has 0 atom stereocenters. The Balaban J connectivity index is 2.33. The van der Waals surface area contributed by atoms with Crippen molar-refractivity contribution in [2.45, 2.75) is 37.1 Å². The predicted octanol–water partition coefficient (Wildman–Crippen LogP) is 0.0388. The maximum atomic E-state index is 11.5. The lowest BCUT2D eigenvalue weighted by Gasteiger charge is -2.33. The highest BCUT2D eigenvalue weighted by atomic mass is 16.4. The number of aliphatic carboxylic acids is 1. The van der Waals surface area contributed by atoms with E-state index < -0.39 is 11.4 Å². The van der Waals surface area contributed by atoms with Crippen molar-refractivity contribution >= 4 is 5.97 Å². The number of carboxylic acid groups (broad SMARTS) is 1. The Morgan fingerprint density at radius 1 is 1.62 bits per heavy atom. The van der Waals surface area contributed by atoms with Crippen LogP contribution in [-0.2, 0) is 17.3 Å². The summed E-state index contributed by atoms with van der Waals surface area (Å²) in [5, 5.41) is 17.2. The van der Waals surface area contributed by atoms with E-state index in [2.05, 4.69) is 10.3 Å². The van der Waals surface area contributed by atoms with Crippen LogP contribution >= 0.6 is 0 Å². The molecule has 0 spiro atoms. The third kappa shape index (κ3) is 1.69. The molecule has 0 unspecified atom stereocenters. The van der Waals surface area contributed by atoms with E-state index in [-0.39, 0.29) is 6.04 Å². The molecule has 0 radical (unpaired) electrons. The van der Waals surface area contributed by atoms with Gasteiger partial charge < -0.3 is 10.8 Å². The zero-order chi connectivity index (χ0) is 11.8. The van der Waals surface area contributed by atoms with Gasteiger partial charge in [0.05, 0.1) is 5.69 Å². The Hall–Kier alpha value is -1.43. The zero-order valence-electron chi connectivity index (χ0n) is 9.26. The third-order valence-corrected chi connectivity index (χ3v) is 3.39. The van der Waals surface area contributed by atoms with Gasteiger partial charge in [0.1, 0.15) is 5.41 Å². The minimum atomic E-state index is -0.885. The Morgan fingerprint density at radius 2 is 2.25 bits per heavy atom. The molecule has 88 valence electrons. The van der Waals surface area contributed by atoms with Crippen LogP contribution < -0.4 is 5.73 Å². The molecule has 0 saturated heterocycles. The van der Waals surface area contributed by atoms with E-state index in [9.17, 15) is 9.90 Å². The molecule has 0 amide bonds. The number of hydrogen-bond donors (Lipinski definition) is 2. The van der Waals surface area contributed by atoms with Gasteiger partial charge in [-0.2, -0.15) is 0 Å². The second-order valence-corrected chi connectivity index (χ2v) is 4.50. The largest absolute Gasteiger partial charge is 0.481 e. The monoisotopic (exact) mass is 224 g/mol. The van der Waals surface area contributed by atoms with Crippen molar-refractivity contribution < 1.29 is 9.90 Å². The van der Waals surface area contributed by atoms with Gasteiger partial charge >= 0.3 is 5.97 Å². The summed E-state index contributed by atoms with van der Waals surface area (Å²) in [7, 11) is 1.74. The van der Waals surface area contributed by atoms with Crippen LogP contribution in [0.4, 0.5) is 0 Å². The number of aryl methyl sites for hydroxylation is 1. The molecule has 1 aliphatic rings. The molecule has 0 aliphatic heterocycles. The molecule has 16 heavy (non-hydrogen) atoms. The minimum Gasteiger partial charge on any atom is -0.481 e. The summed E-state index contributed by atoms with van der Waals surface area (Å²) in [5.41, 5.74) is 5.47. The van der Waals surface area contributed by atoms with Gasteiger partial charge in [-0.3, -0.25) is 9.48 Å². The number of carboxylic acids is 1. The van der Waals surface area contributed by atoms with Crippen LogP contribution in [0.1, 0.15) is 31.4 Å². The minimum absolute atomic E-state index is 0.115. The Kier molecular flexibility index (Phi) is 2.67. The molecule has 1 saturated carbocycles. The second-order valence-electron chi connectivity index (χ2n) is 4.50. The van der Waals surface area contributed by atoms with E-state index in [1.54, 1.807) is 13.2 Å². The first kappa shape index (κ1) is 11.1. The van der Waals surface area contributed by atoms with Gasteiger partial charge in [0.2, 0.25) is 0 Å². The first-order valence-corrected chi connectivity index (χ1v) is 5.40. The van der Waals surface area contributed by atoms with Crippen molar-refractivity contribution in [2.75, 3.05) is 0 Å². The van der Waals surface area contributed by atoms with E-state index in [0.717, 1.165) is 12.8 Å². The van der Waals surface area contributed by atoms with Crippen LogP contribution in [0.3, 0.4) is 0 Å². The molecule has 0 bridgehead atoms. The van der Waals surface area contributed by atoms with Crippen molar-refractivity contribution in [3.63, 3.8) is 0 Å². The van der Waals surface area contributed by atoms with Crippen molar-refractivity contribution in [3.8, 4) is 0 Å². The quantitative estimate of drug-likeness (QED) is 0.739. The highest BCUT2D eigenvalue weighted by Crippen LogP contribution is 2.38. The SMILES string of the molecule is Cn1cc(C2(C(=O)O)CCC(N)CC2)nn1. The molecular weight excluding hydrogens is 208 g/mol. The van der Waals surface area contributed by atoms with Crippen LogP contribution in [0.25, 0.3) is 0 Å². The highest BCUT2D eigenvalue weighted by molar-refractivity contribution is 5.80. The van der Waals surface area contributed by atoms with Gasteiger partial charge in [-0.25, -0.2) is 0 Å². The number of hydrogen-bond acceptors (Lipinski definition) is 4. The van der Waals surface area contributed by atoms with Crippen LogP contribution in [-0.4, -0.2) is 32.1 Å². The molecule has 6 nitrogen and oxygen atoms in total. The molecule has 1 aromatic heterocycles. The fourth-order valence-electron chi connectivity index (χ4n) is 2.28. The number of rotatable bonds is 2. The van der Waals surface area contributed by atoms with E-state index >= 15 is 0 Å². The lowest BCUT2D eigenvalue weighted by Crippen LogP contribution is -2.43. The van der Waals surface area contributed by atoms with Gasteiger partial charge in [0, 0.05) is 19.3 Å². The second kappa shape index (κ2) is 3.86. The van der Waals surface area contributed by atoms with Crippen LogP contribution in [0.2, 0.25) is 0 Å². The fourth-order valence-corrected chi connectivity index (χ4v) is 2.28. The number of carbonyl (C=O) groups is 1. The maximum Gasteiger partial charge on any atom is 0.315 e. The average Bonchev–Trinajstić information content (AvgIpc) is 2.66. The van der Waals surface area contributed by atoms with Gasteiger partial charge in [-0.1, -0.05) is 5.21 Å². The Morgan fingerprint density at radius 3 is 2.69 bits per heavy atom. The van der Waals surface area contributed by atoms with E-state index in [0.29, 0.717) is 18.5 Å². The fraction of sp³-hybridized carbons (Fsp3) is 0.700. The molecule has 1 aliphatic carbocycles. The summed E-state index contributed by atoms with van der Waals surface area (Å²) < 4.78 is 1.54. The highest BCUT2D eigenvalue weighted by Gasteiger charge is 2.45. The van der Waals surface area contributed by atoms with Gasteiger partial charge in [-0.05, 0) is 25.7 Å². The van der Waals surface area contributed by atoms with E-state index in [1.165, 1.54) is 4.68 Å². The van der Waals surface area contributed by atoms with Gasteiger partial charge in [0.15, 0.2) is 0 Å². The van der Waals surface area contributed by atoms with Crippen molar-refractivity contribution in [3.05, 3.63) is 11.9 Å². The first-order valence-electron chi connectivity index (χ1n) is 5.40. The van der Waals surface area contributed by atoms with Crippen LogP contribution in [0.15, 0.2) is 6.20 Å². The maximum absolute atomic E-state index is 11.5. The zero-order valence-corrected chi connectivity index (χ0v) is 9.26. The lowest BCUT2D eigenvalue weighted by molar-refractivity contribution is -0.145. The molecule has 2 rings (SSSR count). The molecule has 0 aromatic carbocycles. The predicted molar refractivity (Wildman–Crippen MR) is 56.8 cm³/mol. The summed E-state index contributed by atoms with van der Waals surface area (Å²) in [4.78, 5) is 11.5. The summed E-state index contributed by atoms with van der Waals surface area (Å²) in [5.74, 6) is -0.820. The average molecular weight is 224 g/mol. The van der Waals surface area contributed by atoms with Crippen LogP contribution in [0, 0.1) is 0 Å². The lowest BCUT2D eigenvalue weighted by atomic mass is 9.71. The summed E-state index contributed by atoms with van der Waals surface area (Å²) in [6.45, 7) is 0. The molecule has 6 heteroatoms. The third-order valence-electron chi connectivity index (χ3n) is 3.39. The van der Waals surface area contributed by atoms with E-state index in [4.69, 9.17) is 5.73 Å². The first-order chi connectivity index (χ1) is 7.54. The van der Waals surface area contributed by atoms with Crippen molar-refractivity contribution in [1.29, 1.82) is 0 Å². The van der Waals surface area contributed by atoms with Gasteiger partial charge in [-0.15, -0.1) is 5.10 Å². The van der Waals surface area contributed by atoms with Crippen molar-refractivity contribution in [2.24, 2.45) is 12.8 Å². The van der Waals surface area contributed by atoms with Crippen LogP contribution in [0.5, 0.6) is 0 Å². The molecule has 3 N–H and O–H groups in total. The van der Waals surface area contributed by atoms with Gasteiger partial charge in [0.25, 0.3) is 0 Å². The Bertz CT molecular complexity index is 393.